The molecule has 2 amide bonds. The van der Waals surface area contributed by atoms with Crippen molar-refractivity contribution in [1.29, 1.82) is 0 Å². The number of amides is 2. The van der Waals surface area contributed by atoms with Crippen molar-refractivity contribution in [2.45, 2.75) is 20.3 Å². The summed E-state index contributed by atoms with van der Waals surface area (Å²) in [6.07, 6.45) is 1.93. The average Bonchev–Trinajstić information content (AvgIpc) is 2.84. The van der Waals surface area contributed by atoms with E-state index in [9.17, 15) is 9.59 Å². The summed E-state index contributed by atoms with van der Waals surface area (Å²) in [5.74, 6) is -0.319. The molecule has 0 spiro atoms. The Morgan fingerprint density at radius 1 is 1.24 bits per heavy atom. The van der Waals surface area contributed by atoms with Crippen LogP contribution in [0, 0.1) is 13.8 Å². The average molecular weight is 303 g/mol. The third-order valence-electron chi connectivity index (χ3n) is 2.89. The van der Waals surface area contributed by atoms with Gasteiger partial charge >= 0.3 is 0 Å². The number of hydrogen-bond acceptors (Lipinski definition) is 4. The van der Waals surface area contributed by atoms with E-state index in [1.165, 1.54) is 11.3 Å². The van der Waals surface area contributed by atoms with Gasteiger partial charge in [0.05, 0.1) is 0 Å². The largest absolute Gasteiger partial charge is 0.352 e. The normalized spacial score (nSPS) is 10.2. The Labute approximate surface area is 127 Å². The molecule has 110 valence electrons. The minimum absolute atomic E-state index is 0.158. The zero-order valence-electron chi connectivity index (χ0n) is 12.0. The van der Waals surface area contributed by atoms with Crippen LogP contribution in [-0.2, 0) is 4.79 Å². The molecule has 0 atom stereocenters. The predicted molar refractivity (Wildman–Crippen MR) is 83.6 cm³/mol. The maximum atomic E-state index is 12.0. The number of aromatic nitrogens is 1. The van der Waals surface area contributed by atoms with Crippen LogP contribution in [-0.4, -0.2) is 23.3 Å². The van der Waals surface area contributed by atoms with Crippen molar-refractivity contribution in [1.82, 2.24) is 10.3 Å². The maximum absolute atomic E-state index is 12.0. The van der Waals surface area contributed by atoms with Crippen molar-refractivity contribution in [2.24, 2.45) is 0 Å². The summed E-state index contributed by atoms with van der Waals surface area (Å²) in [5.41, 5.74) is 1.55. The molecule has 1 aromatic heterocycles. The summed E-state index contributed by atoms with van der Waals surface area (Å²) >= 11 is 1.42. The third kappa shape index (κ3) is 4.39. The number of thiazole rings is 1. The molecule has 21 heavy (non-hydrogen) atoms. The standard InChI is InChI=1S/C15H17N3O2S/c1-10-5-3-4-6-12(10)14(20)16-8-7-13(19)18-15-17-9-11(2)21-15/h3-6,9H,7-8H2,1-2H3,(H,16,20)(H,17,18,19). The lowest BCUT2D eigenvalue weighted by Crippen LogP contribution is -2.28. The van der Waals surface area contributed by atoms with Gasteiger partial charge in [-0.25, -0.2) is 4.98 Å². The molecule has 2 N–H and O–H groups in total. The molecule has 0 saturated carbocycles. The quantitative estimate of drug-likeness (QED) is 0.891. The molecule has 2 rings (SSSR count). The maximum Gasteiger partial charge on any atom is 0.251 e. The van der Waals surface area contributed by atoms with E-state index in [2.05, 4.69) is 15.6 Å². The van der Waals surface area contributed by atoms with Gasteiger partial charge < -0.3 is 10.6 Å². The van der Waals surface area contributed by atoms with Crippen LogP contribution in [0.4, 0.5) is 5.13 Å². The molecule has 1 heterocycles. The highest BCUT2D eigenvalue weighted by Gasteiger charge is 2.09. The van der Waals surface area contributed by atoms with Crippen molar-refractivity contribution < 1.29 is 9.59 Å². The van der Waals surface area contributed by atoms with Gasteiger partial charge in [-0.05, 0) is 25.5 Å². The van der Waals surface area contributed by atoms with Gasteiger partial charge in [-0.15, -0.1) is 11.3 Å². The van der Waals surface area contributed by atoms with Crippen molar-refractivity contribution in [3.05, 3.63) is 46.5 Å². The molecule has 5 nitrogen and oxygen atoms in total. The number of anilines is 1. The van der Waals surface area contributed by atoms with Gasteiger partial charge in [-0.3, -0.25) is 9.59 Å². The van der Waals surface area contributed by atoms with E-state index in [0.29, 0.717) is 17.2 Å². The Bertz CT molecular complexity index is 652. The van der Waals surface area contributed by atoms with Crippen molar-refractivity contribution >= 4 is 28.3 Å². The number of nitrogens with one attached hydrogen (secondary N) is 2. The first-order valence-corrected chi connectivity index (χ1v) is 7.44. The summed E-state index contributed by atoms with van der Waals surface area (Å²) < 4.78 is 0. The molecule has 1 aromatic carbocycles. The van der Waals surface area contributed by atoms with Gasteiger partial charge in [0.25, 0.3) is 5.91 Å². The first-order chi connectivity index (χ1) is 10.1. The van der Waals surface area contributed by atoms with E-state index in [1.54, 1.807) is 12.3 Å². The fourth-order valence-electron chi connectivity index (χ4n) is 1.81. The van der Waals surface area contributed by atoms with Crippen LogP contribution in [0.5, 0.6) is 0 Å². The number of benzene rings is 1. The van der Waals surface area contributed by atoms with Crippen LogP contribution in [0.25, 0.3) is 0 Å². The van der Waals surface area contributed by atoms with Gasteiger partial charge in [0, 0.05) is 29.6 Å². The fraction of sp³-hybridized carbons (Fsp3) is 0.267. The zero-order valence-corrected chi connectivity index (χ0v) is 12.8. The van der Waals surface area contributed by atoms with E-state index in [0.717, 1.165) is 10.4 Å². The summed E-state index contributed by atoms with van der Waals surface area (Å²) in [5, 5.41) is 6.04. The molecule has 0 bridgehead atoms. The number of carbonyl (C=O) groups excluding carboxylic acids is 2. The Morgan fingerprint density at radius 2 is 2.00 bits per heavy atom. The van der Waals surface area contributed by atoms with Gasteiger partial charge in [-0.1, -0.05) is 18.2 Å². The topological polar surface area (TPSA) is 71.1 Å². The minimum atomic E-state index is -0.161. The molecular weight excluding hydrogens is 286 g/mol. The lowest BCUT2D eigenvalue weighted by Gasteiger charge is -2.07. The second-order valence-corrected chi connectivity index (χ2v) is 5.88. The Hall–Kier alpha value is -2.21. The van der Waals surface area contributed by atoms with Gasteiger partial charge in [0.2, 0.25) is 5.91 Å². The van der Waals surface area contributed by atoms with Crippen LogP contribution >= 0.6 is 11.3 Å². The molecule has 0 aliphatic rings. The number of carbonyl (C=O) groups is 2. The minimum Gasteiger partial charge on any atom is -0.352 e. The third-order valence-corrected chi connectivity index (χ3v) is 3.72. The molecule has 0 saturated heterocycles. The summed E-state index contributed by atoms with van der Waals surface area (Å²) in [4.78, 5) is 28.8. The number of nitrogens with zero attached hydrogens (tertiary/aromatic N) is 1. The monoisotopic (exact) mass is 303 g/mol. The molecule has 6 heteroatoms. The van der Waals surface area contributed by atoms with Crippen LogP contribution in [0.15, 0.2) is 30.5 Å². The van der Waals surface area contributed by atoms with Gasteiger partial charge in [0.1, 0.15) is 0 Å². The number of aryl methyl sites for hydroxylation is 2. The molecule has 0 fully saturated rings. The lowest BCUT2D eigenvalue weighted by molar-refractivity contribution is -0.116. The first kappa shape index (κ1) is 15.2. The number of hydrogen-bond donors (Lipinski definition) is 2. The van der Waals surface area contributed by atoms with Crippen molar-refractivity contribution in [3.63, 3.8) is 0 Å². The molecular formula is C15H17N3O2S. The van der Waals surface area contributed by atoms with Crippen LogP contribution in [0.1, 0.15) is 27.2 Å². The SMILES string of the molecule is Cc1cnc(NC(=O)CCNC(=O)c2ccccc2C)s1. The molecule has 0 aliphatic heterocycles. The highest BCUT2D eigenvalue weighted by atomic mass is 32.1. The van der Waals surface area contributed by atoms with Crippen LogP contribution < -0.4 is 10.6 Å². The highest BCUT2D eigenvalue weighted by Crippen LogP contribution is 2.16. The van der Waals surface area contributed by atoms with Crippen molar-refractivity contribution in [3.8, 4) is 0 Å². The second kappa shape index (κ2) is 6.99. The summed E-state index contributed by atoms with van der Waals surface area (Å²) in [6.45, 7) is 4.10. The van der Waals surface area contributed by atoms with Gasteiger partial charge in [0.15, 0.2) is 5.13 Å². The summed E-state index contributed by atoms with van der Waals surface area (Å²) in [7, 11) is 0. The highest BCUT2D eigenvalue weighted by molar-refractivity contribution is 7.15. The van der Waals surface area contributed by atoms with Crippen molar-refractivity contribution in [2.75, 3.05) is 11.9 Å². The van der Waals surface area contributed by atoms with E-state index >= 15 is 0 Å². The van der Waals surface area contributed by atoms with Crippen LogP contribution in [0.2, 0.25) is 0 Å². The first-order valence-electron chi connectivity index (χ1n) is 6.62. The second-order valence-electron chi connectivity index (χ2n) is 4.65. The Balaban J connectivity index is 1.77. The molecule has 0 aliphatic carbocycles. The van der Waals surface area contributed by atoms with E-state index in [1.807, 2.05) is 32.0 Å². The predicted octanol–water partition coefficient (Wildman–Crippen LogP) is 2.52. The van der Waals surface area contributed by atoms with E-state index < -0.39 is 0 Å². The molecule has 0 unspecified atom stereocenters. The number of rotatable bonds is 5. The van der Waals surface area contributed by atoms with E-state index in [4.69, 9.17) is 0 Å². The smallest absolute Gasteiger partial charge is 0.251 e. The van der Waals surface area contributed by atoms with E-state index in [-0.39, 0.29) is 18.2 Å². The lowest BCUT2D eigenvalue weighted by atomic mass is 10.1. The fourth-order valence-corrected chi connectivity index (χ4v) is 2.49. The van der Waals surface area contributed by atoms with Crippen LogP contribution in [0.3, 0.4) is 0 Å². The summed E-state index contributed by atoms with van der Waals surface area (Å²) in [6, 6.07) is 7.35. The Kier molecular flexibility index (Phi) is 5.05. The molecule has 2 aromatic rings. The Morgan fingerprint density at radius 3 is 2.67 bits per heavy atom. The molecule has 0 radical (unpaired) electrons. The zero-order chi connectivity index (χ0) is 15.2. The van der Waals surface area contributed by atoms with Gasteiger partial charge in [-0.2, -0.15) is 0 Å².